The Morgan fingerprint density at radius 2 is 0.422 bits per heavy atom. The van der Waals surface area contributed by atoms with E-state index in [1.165, 1.54) is 302 Å². The summed E-state index contributed by atoms with van der Waals surface area (Å²) in [6, 6.07) is 0. The van der Waals surface area contributed by atoms with Crippen molar-refractivity contribution in [3.8, 4) is 0 Å². The third kappa shape index (κ3) is 83.8. The number of carbonyl (C=O) groups is 4. The van der Waals surface area contributed by atoms with Gasteiger partial charge in [0.1, 0.15) is 19.3 Å². The molecule has 0 saturated carbocycles. The van der Waals surface area contributed by atoms with E-state index in [2.05, 4.69) is 41.5 Å². The molecule has 0 bridgehead atoms. The predicted octanol–water partition coefficient (Wildman–Crippen LogP) is 27.8. The van der Waals surface area contributed by atoms with Gasteiger partial charge in [0, 0.05) is 25.7 Å². The molecule has 0 radical (unpaired) electrons. The Bertz CT molecular complexity index is 2080. The molecule has 648 valence electrons. The average Bonchev–Trinajstić information content (AvgIpc) is 0.908. The van der Waals surface area contributed by atoms with Gasteiger partial charge in [-0.2, -0.15) is 0 Å². The van der Waals surface area contributed by atoms with Gasteiger partial charge in [-0.15, -0.1) is 0 Å². The van der Waals surface area contributed by atoms with Crippen LogP contribution in [0.15, 0.2) is 0 Å². The number of hydrogen-bond donors (Lipinski definition) is 3. The number of ether oxygens (including phenoxy) is 4. The first kappa shape index (κ1) is 107. The maximum absolute atomic E-state index is 13.2. The van der Waals surface area contributed by atoms with Gasteiger partial charge in [-0.1, -0.05) is 433 Å². The lowest BCUT2D eigenvalue weighted by Gasteiger charge is -2.21. The van der Waals surface area contributed by atoms with Crippen LogP contribution in [-0.4, -0.2) is 96.7 Å². The monoisotopic (exact) mass is 1590 g/mol. The van der Waals surface area contributed by atoms with Crippen molar-refractivity contribution < 1.29 is 80.2 Å². The number of phosphoric acid groups is 2. The molecule has 0 rings (SSSR count). The van der Waals surface area contributed by atoms with Crippen LogP contribution in [0.4, 0.5) is 0 Å². The third-order valence-corrected chi connectivity index (χ3v) is 23.1. The summed E-state index contributed by atoms with van der Waals surface area (Å²) in [4.78, 5) is 73.4. The smallest absolute Gasteiger partial charge is 0.462 e. The molecule has 0 aromatic heterocycles. The molecule has 109 heavy (non-hydrogen) atoms. The Morgan fingerprint density at radius 1 is 0.248 bits per heavy atom. The molecule has 0 aromatic carbocycles. The minimum absolute atomic E-state index is 0.109. The highest BCUT2D eigenvalue weighted by atomic mass is 31.2. The highest BCUT2D eigenvalue weighted by Gasteiger charge is 2.31. The second-order valence-corrected chi connectivity index (χ2v) is 36.2. The molecule has 2 unspecified atom stereocenters. The summed E-state index contributed by atoms with van der Waals surface area (Å²) >= 11 is 0. The first-order valence-corrected chi connectivity index (χ1v) is 49.5. The molecule has 0 amide bonds. The van der Waals surface area contributed by atoms with E-state index in [9.17, 15) is 43.2 Å². The Balaban J connectivity index is 5.25. The molecule has 0 aliphatic rings. The van der Waals surface area contributed by atoms with Crippen LogP contribution >= 0.6 is 15.6 Å². The summed E-state index contributed by atoms with van der Waals surface area (Å²) in [6.45, 7) is 9.72. The second-order valence-electron chi connectivity index (χ2n) is 33.3. The quantitative estimate of drug-likeness (QED) is 0.0222. The van der Waals surface area contributed by atoms with Crippen LogP contribution in [0.1, 0.15) is 485 Å². The number of phosphoric ester groups is 2. The summed E-state index contributed by atoms with van der Waals surface area (Å²) in [6.07, 6.45) is 75.0. The van der Waals surface area contributed by atoms with Gasteiger partial charge in [0.25, 0.3) is 0 Å². The second kappa shape index (κ2) is 81.2. The molecule has 0 fully saturated rings. The van der Waals surface area contributed by atoms with E-state index < -0.39 is 97.5 Å². The molecule has 0 aliphatic carbocycles. The zero-order chi connectivity index (χ0) is 79.9. The van der Waals surface area contributed by atoms with E-state index in [0.717, 1.165) is 102 Å². The highest BCUT2D eigenvalue weighted by Crippen LogP contribution is 2.45. The zero-order valence-electron chi connectivity index (χ0n) is 71.9. The van der Waals surface area contributed by atoms with Crippen LogP contribution < -0.4 is 0 Å². The van der Waals surface area contributed by atoms with Crippen LogP contribution in [0.3, 0.4) is 0 Å². The molecular formula is C90H176O17P2. The number of hydrogen-bond acceptors (Lipinski definition) is 15. The first-order valence-electron chi connectivity index (χ1n) is 46.5. The number of aliphatic hydroxyl groups excluding tert-OH is 1. The van der Waals surface area contributed by atoms with Crippen molar-refractivity contribution in [2.24, 2.45) is 11.8 Å². The predicted molar refractivity (Wildman–Crippen MR) is 451 cm³/mol. The van der Waals surface area contributed by atoms with Gasteiger partial charge >= 0.3 is 39.5 Å². The molecule has 0 aromatic rings. The summed E-state index contributed by atoms with van der Waals surface area (Å²) in [7, 11) is -9.93. The zero-order valence-corrected chi connectivity index (χ0v) is 73.7. The van der Waals surface area contributed by atoms with E-state index in [1.54, 1.807) is 0 Å². The molecule has 0 heterocycles. The standard InChI is InChI=1S/C90H176O17P2/c1-7-9-11-13-15-17-19-21-23-25-30-34-38-42-48-54-60-66-72-87(92)100-78-85(106-89(94)74-69-63-57-50-44-40-36-32-28-27-29-33-37-41-46-52-58-64-70-82(3)4)80-104-108(96,97)102-76-84(91)77-103-109(98,99)105-81-86(79-101-88(93)73-67-61-55-51-45-47-53-59-65-71-83(5)6)107-90(95)75-68-62-56-49-43-39-35-31-26-24-22-20-18-16-14-12-10-8-2/h82-86,91H,7-81H2,1-6H3,(H,96,97)(H,98,99)/t84-,85-,86-/m1/s1. The fourth-order valence-electron chi connectivity index (χ4n) is 14.1. The Morgan fingerprint density at radius 3 is 0.624 bits per heavy atom. The van der Waals surface area contributed by atoms with E-state index in [0.29, 0.717) is 25.7 Å². The van der Waals surface area contributed by atoms with Gasteiger partial charge in [-0.25, -0.2) is 9.13 Å². The van der Waals surface area contributed by atoms with Crippen molar-refractivity contribution in [2.45, 2.75) is 503 Å². The van der Waals surface area contributed by atoms with Crippen LogP contribution in [0, 0.1) is 11.8 Å². The molecule has 5 atom stereocenters. The molecule has 0 spiro atoms. The van der Waals surface area contributed by atoms with Gasteiger partial charge in [0.15, 0.2) is 12.2 Å². The normalized spacial score (nSPS) is 13.8. The van der Waals surface area contributed by atoms with Gasteiger partial charge < -0.3 is 33.8 Å². The minimum Gasteiger partial charge on any atom is -0.462 e. The average molecular weight is 1590 g/mol. The first-order chi connectivity index (χ1) is 52.9. The SMILES string of the molecule is CCCCCCCCCCCCCCCCCCCCC(=O)OC[C@H](COP(=O)(O)OC[C@@H](O)COP(=O)(O)OC[C@@H](COC(=O)CCCCCCCCCCCC(C)C)OC(=O)CCCCCCCCCCCCCCCCCCCC)OC(=O)CCCCCCCCCCCCCCCCCCCCC(C)C. The third-order valence-electron chi connectivity index (χ3n) is 21.2. The van der Waals surface area contributed by atoms with Crippen LogP contribution in [0.5, 0.6) is 0 Å². The van der Waals surface area contributed by atoms with Gasteiger partial charge in [0.05, 0.1) is 26.4 Å². The lowest BCUT2D eigenvalue weighted by Crippen LogP contribution is -2.30. The Hall–Kier alpha value is -1.94. The molecule has 19 heteroatoms. The fourth-order valence-corrected chi connectivity index (χ4v) is 15.7. The van der Waals surface area contributed by atoms with Crippen LogP contribution in [0.25, 0.3) is 0 Å². The summed E-state index contributed by atoms with van der Waals surface area (Å²) < 4.78 is 69.1. The maximum atomic E-state index is 13.2. The van der Waals surface area contributed by atoms with Gasteiger partial charge in [-0.3, -0.25) is 37.3 Å². The van der Waals surface area contributed by atoms with Gasteiger partial charge in [-0.05, 0) is 37.5 Å². The fraction of sp³-hybridized carbons (Fsp3) is 0.956. The minimum atomic E-state index is -4.97. The van der Waals surface area contributed by atoms with Crippen LogP contribution in [0.2, 0.25) is 0 Å². The molecular weight excluding hydrogens is 1410 g/mol. The summed E-state index contributed by atoms with van der Waals surface area (Å²) in [5.74, 6) is -0.532. The van der Waals surface area contributed by atoms with Crippen LogP contribution in [-0.2, 0) is 65.4 Å². The van der Waals surface area contributed by atoms with E-state index in [4.69, 9.17) is 37.0 Å². The van der Waals surface area contributed by atoms with Gasteiger partial charge in [0.2, 0.25) is 0 Å². The van der Waals surface area contributed by atoms with Crippen molar-refractivity contribution >= 4 is 39.5 Å². The maximum Gasteiger partial charge on any atom is 0.472 e. The Kier molecular flexibility index (Phi) is 79.8. The topological polar surface area (TPSA) is 237 Å². The largest absolute Gasteiger partial charge is 0.472 e. The number of carbonyl (C=O) groups excluding carboxylic acids is 4. The van der Waals surface area contributed by atoms with Crippen molar-refractivity contribution in [1.29, 1.82) is 0 Å². The molecule has 0 saturated heterocycles. The summed E-state index contributed by atoms with van der Waals surface area (Å²) in [5, 5.41) is 10.7. The highest BCUT2D eigenvalue weighted by molar-refractivity contribution is 7.47. The van der Waals surface area contributed by atoms with Crippen molar-refractivity contribution in [3.05, 3.63) is 0 Å². The number of unbranched alkanes of at least 4 members (excludes halogenated alkanes) is 59. The Labute approximate surface area is 670 Å². The number of rotatable bonds is 89. The van der Waals surface area contributed by atoms with E-state index >= 15 is 0 Å². The van der Waals surface area contributed by atoms with E-state index in [1.807, 2.05) is 0 Å². The van der Waals surface area contributed by atoms with Crippen molar-refractivity contribution in [2.75, 3.05) is 39.6 Å². The van der Waals surface area contributed by atoms with Crippen molar-refractivity contribution in [3.63, 3.8) is 0 Å². The van der Waals surface area contributed by atoms with Crippen molar-refractivity contribution in [1.82, 2.24) is 0 Å². The number of aliphatic hydroxyl groups is 1. The lowest BCUT2D eigenvalue weighted by atomic mass is 10.0. The molecule has 3 N–H and O–H groups in total. The lowest BCUT2D eigenvalue weighted by molar-refractivity contribution is -0.161. The summed E-state index contributed by atoms with van der Waals surface area (Å²) in [5.41, 5.74) is 0. The molecule has 0 aliphatic heterocycles. The number of esters is 4. The van der Waals surface area contributed by atoms with E-state index in [-0.39, 0.29) is 25.7 Å². The molecule has 17 nitrogen and oxygen atoms in total.